The topological polar surface area (TPSA) is 37.3 Å². The molecular formula is C4H6BrO2. The molecular weight excluding hydrogens is 160 g/mol. The summed E-state index contributed by atoms with van der Waals surface area (Å²) in [6.45, 7) is 3.41. The predicted molar refractivity (Wildman–Crippen MR) is 30.3 cm³/mol. The van der Waals surface area contributed by atoms with Gasteiger partial charge in [0.2, 0.25) is 0 Å². The first kappa shape index (κ1) is 6.95. The van der Waals surface area contributed by atoms with Crippen molar-refractivity contribution in [1.82, 2.24) is 0 Å². The minimum atomic E-state index is -0.822. The first-order chi connectivity index (χ1) is 3.13. The second kappa shape index (κ2) is 3.02. The maximum atomic E-state index is 9.74. The number of rotatable bonds is 2. The minimum Gasteiger partial charge on any atom is -0.481 e. The highest BCUT2D eigenvalue weighted by atomic mass is 79.9. The van der Waals surface area contributed by atoms with Gasteiger partial charge in [0, 0.05) is 4.83 Å². The molecule has 0 aliphatic carbocycles. The molecule has 0 spiro atoms. The number of hydrogen-bond acceptors (Lipinski definition) is 1. The van der Waals surface area contributed by atoms with E-state index in [-0.39, 0.29) is 11.2 Å². The molecule has 1 unspecified atom stereocenters. The van der Waals surface area contributed by atoms with Crippen LogP contribution >= 0.6 is 15.9 Å². The van der Waals surface area contributed by atoms with Gasteiger partial charge >= 0.3 is 5.97 Å². The second-order valence-electron chi connectivity index (χ2n) is 1.20. The lowest BCUT2D eigenvalue weighted by Gasteiger charge is -1.92. The lowest BCUT2D eigenvalue weighted by atomic mass is 10.3. The van der Waals surface area contributed by atoms with E-state index in [1.54, 1.807) is 0 Å². The van der Waals surface area contributed by atoms with Gasteiger partial charge in [0.25, 0.3) is 0 Å². The van der Waals surface area contributed by atoms with Gasteiger partial charge in [-0.3, -0.25) is 4.79 Å². The zero-order chi connectivity index (χ0) is 5.86. The number of halogens is 1. The maximum absolute atomic E-state index is 9.74. The van der Waals surface area contributed by atoms with E-state index in [4.69, 9.17) is 5.11 Å². The zero-order valence-corrected chi connectivity index (χ0v) is 5.31. The molecule has 3 heteroatoms. The first-order valence-corrected chi connectivity index (χ1v) is 2.73. The molecule has 0 fully saturated rings. The van der Waals surface area contributed by atoms with E-state index < -0.39 is 5.97 Å². The Labute approximate surface area is 50.7 Å². The molecule has 0 aromatic rings. The summed E-state index contributed by atoms with van der Waals surface area (Å²) in [5.41, 5.74) is 0. The molecule has 0 aliphatic heterocycles. The summed E-state index contributed by atoms with van der Waals surface area (Å²) in [6.07, 6.45) is 0.0833. The molecule has 0 aromatic heterocycles. The molecule has 0 rings (SSSR count). The average molecular weight is 166 g/mol. The molecule has 0 saturated heterocycles. The summed E-state index contributed by atoms with van der Waals surface area (Å²) in [5.74, 6) is -0.822. The molecule has 1 N–H and O–H groups in total. The van der Waals surface area contributed by atoms with Crippen molar-refractivity contribution in [2.75, 3.05) is 0 Å². The number of carboxylic acid groups (broad SMARTS) is 1. The Morgan fingerprint density at radius 1 is 2.00 bits per heavy atom. The van der Waals surface area contributed by atoms with Crippen molar-refractivity contribution in [3.8, 4) is 0 Å². The van der Waals surface area contributed by atoms with Gasteiger partial charge in [-0.05, 0) is 6.92 Å². The van der Waals surface area contributed by atoms with E-state index in [2.05, 4.69) is 22.9 Å². The Hall–Kier alpha value is -0.0500. The number of carboxylic acids is 1. The van der Waals surface area contributed by atoms with Crippen LogP contribution in [0.25, 0.3) is 0 Å². The van der Waals surface area contributed by atoms with Crippen LogP contribution in [0.15, 0.2) is 0 Å². The van der Waals surface area contributed by atoms with Crippen LogP contribution in [0.5, 0.6) is 0 Å². The van der Waals surface area contributed by atoms with Crippen molar-refractivity contribution in [3.05, 3.63) is 6.92 Å². The number of carbonyl (C=O) groups is 1. The van der Waals surface area contributed by atoms with Crippen molar-refractivity contribution in [1.29, 1.82) is 0 Å². The highest BCUT2D eigenvalue weighted by Gasteiger charge is 2.00. The van der Waals surface area contributed by atoms with Crippen molar-refractivity contribution in [3.63, 3.8) is 0 Å². The summed E-state index contributed by atoms with van der Waals surface area (Å²) >= 11 is 2.98. The highest BCUT2D eigenvalue weighted by molar-refractivity contribution is 9.09. The smallest absolute Gasteiger partial charge is 0.304 e. The Kier molecular flexibility index (Phi) is 3.00. The zero-order valence-electron chi connectivity index (χ0n) is 3.72. The lowest BCUT2D eigenvalue weighted by Crippen LogP contribution is -2.01. The van der Waals surface area contributed by atoms with Gasteiger partial charge in [0.05, 0.1) is 6.42 Å². The molecule has 0 saturated carbocycles. The standard InChI is InChI=1S/C4H6BrO2/c1-3(5)2-4(6)7/h3H,1-2H2,(H,6,7). The van der Waals surface area contributed by atoms with Crippen LogP contribution in [-0.4, -0.2) is 15.9 Å². The normalized spacial score (nSPS) is 13.4. The summed E-state index contributed by atoms with van der Waals surface area (Å²) < 4.78 is 0. The monoisotopic (exact) mass is 165 g/mol. The fourth-order valence-electron chi connectivity index (χ4n) is 0.189. The van der Waals surface area contributed by atoms with Crippen LogP contribution in [-0.2, 0) is 4.79 Å². The van der Waals surface area contributed by atoms with Gasteiger partial charge in [-0.15, -0.1) is 0 Å². The molecule has 2 nitrogen and oxygen atoms in total. The van der Waals surface area contributed by atoms with Crippen molar-refractivity contribution in [2.45, 2.75) is 11.2 Å². The summed E-state index contributed by atoms with van der Waals surface area (Å²) in [4.78, 5) is 9.58. The van der Waals surface area contributed by atoms with E-state index >= 15 is 0 Å². The van der Waals surface area contributed by atoms with E-state index in [1.165, 1.54) is 0 Å². The highest BCUT2D eigenvalue weighted by Crippen LogP contribution is 2.00. The third kappa shape index (κ3) is 5.95. The Morgan fingerprint density at radius 3 is 2.43 bits per heavy atom. The molecule has 1 atom stereocenters. The van der Waals surface area contributed by atoms with E-state index in [9.17, 15) is 4.79 Å². The van der Waals surface area contributed by atoms with Gasteiger partial charge in [0.15, 0.2) is 0 Å². The van der Waals surface area contributed by atoms with Crippen LogP contribution in [0.2, 0.25) is 0 Å². The van der Waals surface area contributed by atoms with Crippen LogP contribution in [0.1, 0.15) is 6.42 Å². The summed E-state index contributed by atoms with van der Waals surface area (Å²) in [5, 5.41) is 8.01. The quantitative estimate of drug-likeness (QED) is 0.622. The van der Waals surface area contributed by atoms with Crippen molar-refractivity contribution in [2.24, 2.45) is 0 Å². The second-order valence-corrected chi connectivity index (χ2v) is 2.49. The largest absolute Gasteiger partial charge is 0.481 e. The lowest BCUT2D eigenvalue weighted by molar-refractivity contribution is -0.136. The maximum Gasteiger partial charge on any atom is 0.304 e. The Morgan fingerprint density at radius 2 is 2.43 bits per heavy atom. The molecule has 7 heavy (non-hydrogen) atoms. The Balaban J connectivity index is 3.13. The van der Waals surface area contributed by atoms with E-state index in [0.717, 1.165) is 0 Å². The van der Waals surface area contributed by atoms with Gasteiger partial charge < -0.3 is 5.11 Å². The average Bonchev–Trinajstić information content (AvgIpc) is 1.27. The Bertz CT molecular complexity index is 70.1. The van der Waals surface area contributed by atoms with Crippen LogP contribution < -0.4 is 0 Å². The fraction of sp³-hybridized carbons (Fsp3) is 0.500. The number of aliphatic carboxylic acids is 1. The third-order valence-electron chi connectivity index (χ3n) is 0.396. The molecule has 0 aromatic carbocycles. The van der Waals surface area contributed by atoms with Gasteiger partial charge in [-0.1, -0.05) is 15.9 Å². The third-order valence-corrected chi connectivity index (χ3v) is 0.720. The van der Waals surface area contributed by atoms with Crippen LogP contribution in [0.4, 0.5) is 0 Å². The molecule has 0 bridgehead atoms. The van der Waals surface area contributed by atoms with Gasteiger partial charge in [0.1, 0.15) is 0 Å². The van der Waals surface area contributed by atoms with Crippen LogP contribution in [0, 0.1) is 6.92 Å². The molecule has 0 amide bonds. The molecule has 41 valence electrons. The number of hydrogen-bond donors (Lipinski definition) is 1. The molecule has 1 radical (unpaired) electrons. The molecule has 0 heterocycles. The van der Waals surface area contributed by atoms with Crippen molar-refractivity contribution >= 4 is 21.9 Å². The van der Waals surface area contributed by atoms with E-state index in [0.29, 0.717) is 0 Å². The van der Waals surface area contributed by atoms with Crippen LogP contribution in [0.3, 0.4) is 0 Å². The van der Waals surface area contributed by atoms with E-state index in [1.807, 2.05) is 0 Å². The predicted octanol–water partition coefficient (Wildman–Crippen LogP) is 1.06. The van der Waals surface area contributed by atoms with Gasteiger partial charge in [-0.25, -0.2) is 0 Å². The first-order valence-electron chi connectivity index (χ1n) is 1.82. The fourth-order valence-corrected chi connectivity index (χ4v) is 0.466. The SMILES string of the molecule is [CH2]C(Br)CC(=O)O. The minimum absolute atomic E-state index is 0.0833. The number of alkyl halides is 1. The van der Waals surface area contributed by atoms with Gasteiger partial charge in [-0.2, -0.15) is 0 Å². The van der Waals surface area contributed by atoms with Crippen molar-refractivity contribution < 1.29 is 9.90 Å². The molecule has 0 aliphatic rings. The summed E-state index contributed by atoms with van der Waals surface area (Å²) in [6, 6.07) is 0. The summed E-state index contributed by atoms with van der Waals surface area (Å²) in [7, 11) is 0.